The minimum Gasteiger partial charge on any atom is -0.497 e. The van der Waals surface area contributed by atoms with Gasteiger partial charge in [0, 0.05) is 11.3 Å². The highest BCUT2D eigenvalue weighted by molar-refractivity contribution is 5.86. The molecule has 2 N–H and O–H groups in total. The van der Waals surface area contributed by atoms with Crippen LogP contribution in [0.5, 0.6) is 5.75 Å². The van der Waals surface area contributed by atoms with E-state index in [-0.39, 0.29) is 5.41 Å². The lowest BCUT2D eigenvalue weighted by atomic mass is 9.51. The Morgan fingerprint density at radius 1 is 1.29 bits per heavy atom. The normalized spacial score (nSPS) is 35.8. The van der Waals surface area contributed by atoms with E-state index in [1.807, 2.05) is 0 Å². The van der Waals surface area contributed by atoms with Crippen LogP contribution in [0.4, 0.5) is 0 Å². The number of rotatable bonds is 3. The second kappa shape index (κ2) is 7.12. The van der Waals surface area contributed by atoms with Gasteiger partial charge in [0.05, 0.1) is 7.11 Å². The van der Waals surface area contributed by atoms with E-state index < -0.39 is 11.6 Å². The number of hydrogen-bond acceptors (Lipinski definition) is 3. The molecule has 4 nitrogen and oxygen atoms in total. The lowest BCUT2D eigenvalue weighted by Gasteiger charge is -2.54. The van der Waals surface area contributed by atoms with Crippen LogP contribution in [0.3, 0.4) is 0 Å². The van der Waals surface area contributed by atoms with E-state index in [9.17, 15) is 9.90 Å². The summed E-state index contributed by atoms with van der Waals surface area (Å²) in [6.07, 6.45) is 7.57. The van der Waals surface area contributed by atoms with Crippen LogP contribution >= 0.6 is 0 Å². The summed E-state index contributed by atoms with van der Waals surface area (Å²) < 4.78 is 5.41. The maximum absolute atomic E-state index is 11.5. The summed E-state index contributed by atoms with van der Waals surface area (Å²) in [5.74, 6) is 6.30. The van der Waals surface area contributed by atoms with Crippen molar-refractivity contribution in [3.8, 4) is 17.6 Å². The molecule has 0 bridgehead atoms. The molecule has 0 radical (unpaired) electrons. The Balaban J connectivity index is 1.70. The van der Waals surface area contributed by atoms with E-state index in [4.69, 9.17) is 9.84 Å². The summed E-state index contributed by atoms with van der Waals surface area (Å²) in [6, 6.07) is 6.49. The number of aliphatic hydroxyl groups is 1. The third-order valence-electron chi connectivity index (χ3n) is 7.85. The van der Waals surface area contributed by atoms with Gasteiger partial charge in [0.25, 0.3) is 0 Å². The third-order valence-corrected chi connectivity index (χ3v) is 7.85. The highest BCUT2D eigenvalue weighted by Crippen LogP contribution is 2.66. The summed E-state index contributed by atoms with van der Waals surface area (Å²) in [7, 11) is 1.71. The van der Waals surface area contributed by atoms with E-state index in [0.717, 1.165) is 50.7 Å². The predicted octanol–water partition coefficient (Wildman–Crippen LogP) is 4.15. The number of carbonyl (C=O) groups is 1. The fraction of sp³-hybridized carbons (Fsp3) is 0.625. The highest BCUT2D eigenvalue weighted by Gasteiger charge is 2.63. The van der Waals surface area contributed by atoms with Crippen LogP contribution in [0.1, 0.15) is 68.9 Å². The first-order chi connectivity index (χ1) is 13.4. The molecule has 3 aliphatic carbocycles. The van der Waals surface area contributed by atoms with Crippen molar-refractivity contribution in [1.82, 2.24) is 0 Å². The molecule has 0 spiro atoms. The number of ether oxygens (including phenoxy) is 1. The Morgan fingerprint density at radius 2 is 2.11 bits per heavy atom. The van der Waals surface area contributed by atoms with Crippen LogP contribution < -0.4 is 4.74 Å². The molecule has 0 heterocycles. The number of aliphatic carboxylic acids is 1. The maximum Gasteiger partial charge on any atom is 0.382 e. The van der Waals surface area contributed by atoms with Gasteiger partial charge in [-0.25, -0.2) is 4.79 Å². The molecule has 4 heteroatoms. The van der Waals surface area contributed by atoms with Crippen molar-refractivity contribution in [2.24, 2.45) is 17.3 Å². The molecule has 2 fully saturated rings. The minimum absolute atomic E-state index is 0.269. The standard InChI is InChI=1S/C24H30O4/c1-3-11-23-12-8-19-18-7-5-17(28-2)15-16(18)4-6-20(19)21(23)9-13-24(23,27)14-10-22(25)26/h5,7,15,19-21,27H,3-4,6,8-9,11-13H2,1-2H3,(H,25,26)/t19-,20-,21+,23+,24+/m1/s1. The zero-order valence-corrected chi connectivity index (χ0v) is 16.8. The van der Waals surface area contributed by atoms with Gasteiger partial charge in [-0.1, -0.05) is 25.3 Å². The van der Waals surface area contributed by atoms with Crippen LogP contribution in [-0.2, 0) is 11.2 Å². The molecule has 0 saturated heterocycles. The van der Waals surface area contributed by atoms with Crippen LogP contribution in [0.2, 0.25) is 0 Å². The van der Waals surface area contributed by atoms with Crippen molar-refractivity contribution in [3.05, 3.63) is 29.3 Å². The molecule has 3 aliphatic rings. The number of carboxylic acid groups (broad SMARTS) is 1. The average molecular weight is 383 g/mol. The van der Waals surface area contributed by atoms with Crippen LogP contribution in [-0.4, -0.2) is 28.9 Å². The Morgan fingerprint density at radius 3 is 2.82 bits per heavy atom. The molecule has 1 aromatic rings. The Labute approximate surface area is 167 Å². The molecular formula is C24H30O4. The molecule has 0 aromatic heterocycles. The average Bonchev–Trinajstić information content (AvgIpc) is 2.99. The Hall–Kier alpha value is -1.99. The molecule has 1 aromatic carbocycles. The number of benzene rings is 1. The molecule has 0 amide bonds. The molecular weight excluding hydrogens is 352 g/mol. The first kappa shape index (κ1) is 19.3. The van der Waals surface area contributed by atoms with Crippen molar-refractivity contribution in [2.75, 3.05) is 7.11 Å². The summed E-state index contributed by atoms with van der Waals surface area (Å²) in [5, 5.41) is 20.6. The van der Waals surface area contributed by atoms with Gasteiger partial charge in [0.15, 0.2) is 0 Å². The molecule has 0 aliphatic heterocycles. The van der Waals surface area contributed by atoms with E-state index in [2.05, 4.69) is 37.0 Å². The molecule has 150 valence electrons. The predicted molar refractivity (Wildman–Crippen MR) is 107 cm³/mol. The molecule has 28 heavy (non-hydrogen) atoms. The van der Waals surface area contributed by atoms with Crippen LogP contribution in [0.25, 0.3) is 0 Å². The topological polar surface area (TPSA) is 66.8 Å². The number of aryl methyl sites for hydroxylation is 1. The quantitative estimate of drug-likeness (QED) is 0.771. The fourth-order valence-electron chi connectivity index (χ4n) is 6.83. The summed E-state index contributed by atoms with van der Waals surface area (Å²) >= 11 is 0. The van der Waals surface area contributed by atoms with Crippen molar-refractivity contribution in [2.45, 2.75) is 69.8 Å². The van der Waals surface area contributed by atoms with Crippen molar-refractivity contribution < 1.29 is 19.7 Å². The monoisotopic (exact) mass is 382 g/mol. The maximum atomic E-state index is 11.5. The molecule has 2 saturated carbocycles. The van der Waals surface area contributed by atoms with Crippen molar-refractivity contribution in [3.63, 3.8) is 0 Å². The lowest BCUT2D eigenvalue weighted by Crippen LogP contribution is -2.52. The smallest absolute Gasteiger partial charge is 0.382 e. The van der Waals surface area contributed by atoms with E-state index in [1.54, 1.807) is 7.11 Å². The van der Waals surface area contributed by atoms with Gasteiger partial charge >= 0.3 is 5.97 Å². The molecule has 4 rings (SSSR count). The molecule has 0 unspecified atom stereocenters. The van der Waals surface area contributed by atoms with Gasteiger partial charge in [-0.2, -0.15) is 0 Å². The summed E-state index contributed by atoms with van der Waals surface area (Å²) in [5.41, 5.74) is 1.42. The Kier molecular flexibility index (Phi) is 4.91. The Bertz CT molecular complexity index is 835. The zero-order valence-electron chi connectivity index (χ0n) is 16.8. The molecule has 5 atom stereocenters. The van der Waals surface area contributed by atoms with Gasteiger partial charge in [0.1, 0.15) is 11.4 Å². The zero-order chi connectivity index (χ0) is 19.9. The second-order valence-corrected chi connectivity index (χ2v) is 8.88. The number of carboxylic acids is 1. The third kappa shape index (κ3) is 2.83. The van der Waals surface area contributed by atoms with Gasteiger partial charge in [-0.3, -0.25) is 0 Å². The number of methoxy groups -OCH3 is 1. The lowest BCUT2D eigenvalue weighted by molar-refractivity contribution is -0.130. The van der Waals surface area contributed by atoms with Gasteiger partial charge < -0.3 is 14.9 Å². The van der Waals surface area contributed by atoms with E-state index >= 15 is 0 Å². The number of hydrogen-bond donors (Lipinski definition) is 2. The van der Waals surface area contributed by atoms with Gasteiger partial charge in [0.2, 0.25) is 0 Å². The SMILES string of the molecule is CCC[C@]12CC[C@@H]3c4ccc(OC)cc4CC[C@H]3[C@@H]1CC[C@]2(O)C#CC(=O)O. The van der Waals surface area contributed by atoms with E-state index in [1.165, 1.54) is 11.1 Å². The largest absolute Gasteiger partial charge is 0.497 e. The van der Waals surface area contributed by atoms with Crippen molar-refractivity contribution >= 4 is 5.97 Å². The second-order valence-electron chi connectivity index (χ2n) is 8.88. The van der Waals surface area contributed by atoms with Crippen LogP contribution in [0, 0.1) is 29.1 Å². The first-order valence-electron chi connectivity index (χ1n) is 10.6. The van der Waals surface area contributed by atoms with Gasteiger partial charge in [-0.05, 0) is 86.0 Å². The highest BCUT2D eigenvalue weighted by atomic mass is 16.5. The first-order valence-corrected chi connectivity index (χ1v) is 10.6. The van der Waals surface area contributed by atoms with Crippen molar-refractivity contribution in [1.29, 1.82) is 0 Å². The minimum atomic E-state index is -1.17. The van der Waals surface area contributed by atoms with Crippen LogP contribution in [0.15, 0.2) is 18.2 Å². The summed E-state index contributed by atoms with van der Waals surface area (Å²) in [4.78, 5) is 11.0. The van der Waals surface area contributed by atoms with E-state index in [0.29, 0.717) is 24.2 Å². The fourth-order valence-corrected chi connectivity index (χ4v) is 6.83. The van der Waals surface area contributed by atoms with Gasteiger partial charge in [-0.15, -0.1) is 0 Å². The summed E-state index contributed by atoms with van der Waals surface area (Å²) in [6.45, 7) is 2.16. The number of fused-ring (bicyclic) bond motifs is 5.